The summed E-state index contributed by atoms with van der Waals surface area (Å²) in [5.41, 5.74) is -2.01. The van der Waals surface area contributed by atoms with Gasteiger partial charge in [-0.2, -0.15) is 13.2 Å². The van der Waals surface area contributed by atoms with Gasteiger partial charge in [-0.3, -0.25) is 4.79 Å². The highest BCUT2D eigenvalue weighted by molar-refractivity contribution is 5.94. The van der Waals surface area contributed by atoms with E-state index in [1.165, 1.54) is 0 Å². The van der Waals surface area contributed by atoms with Gasteiger partial charge in [0.2, 0.25) is 0 Å². The minimum absolute atomic E-state index is 0.0801. The van der Waals surface area contributed by atoms with Crippen LogP contribution in [-0.2, 0) is 6.18 Å². The summed E-state index contributed by atoms with van der Waals surface area (Å²) >= 11 is 0. The lowest BCUT2D eigenvalue weighted by atomic mass is 10.0. The highest BCUT2D eigenvalue weighted by atomic mass is 19.4. The molecular formula is C14H16F4N2O. The van der Waals surface area contributed by atoms with E-state index in [0.29, 0.717) is 6.07 Å². The van der Waals surface area contributed by atoms with Crippen molar-refractivity contribution in [2.75, 3.05) is 13.1 Å². The predicted molar refractivity (Wildman–Crippen MR) is 69.4 cm³/mol. The van der Waals surface area contributed by atoms with Crippen molar-refractivity contribution in [3.05, 3.63) is 35.1 Å². The van der Waals surface area contributed by atoms with E-state index in [-0.39, 0.29) is 12.6 Å². The normalized spacial score (nSPS) is 19.3. The minimum Gasteiger partial charge on any atom is -0.350 e. The van der Waals surface area contributed by atoms with Gasteiger partial charge in [0.15, 0.2) is 0 Å². The Balaban J connectivity index is 2.05. The Morgan fingerprint density at radius 3 is 2.71 bits per heavy atom. The molecule has 0 saturated carbocycles. The number of rotatable bonds is 3. The molecule has 1 aromatic rings. The van der Waals surface area contributed by atoms with Crippen LogP contribution in [0.25, 0.3) is 0 Å². The topological polar surface area (TPSA) is 41.1 Å². The quantitative estimate of drug-likeness (QED) is 0.843. The molecule has 1 heterocycles. The second-order valence-corrected chi connectivity index (χ2v) is 5.02. The van der Waals surface area contributed by atoms with Gasteiger partial charge >= 0.3 is 6.18 Å². The summed E-state index contributed by atoms with van der Waals surface area (Å²) in [5.74, 6) is -2.36. The molecule has 0 radical (unpaired) electrons. The van der Waals surface area contributed by atoms with Crippen LogP contribution in [0.2, 0.25) is 0 Å². The van der Waals surface area contributed by atoms with Crippen molar-refractivity contribution in [1.29, 1.82) is 0 Å². The summed E-state index contributed by atoms with van der Waals surface area (Å²) < 4.78 is 51.5. The summed E-state index contributed by atoms with van der Waals surface area (Å²) in [4.78, 5) is 11.8. The van der Waals surface area contributed by atoms with Gasteiger partial charge in [-0.1, -0.05) is 12.5 Å². The molecule has 1 atom stereocenters. The molecule has 1 saturated heterocycles. The molecule has 1 aliphatic heterocycles. The number of nitrogens with one attached hydrogen (secondary N) is 2. The second kappa shape index (κ2) is 6.43. The summed E-state index contributed by atoms with van der Waals surface area (Å²) in [6.07, 6.45) is -1.84. The van der Waals surface area contributed by atoms with E-state index >= 15 is 0 Å². The van der Waals surface area contributed by atoms with Crippen LogP contribution >= 0.6 is 0 Å². The van der Waals surface area contributed by atoms with Crippen molar-refractivity contribution >= 4 is 5.91 Å². The van der Waals surface area contributed by atoms with Crippen LogP contribution in [0.4, 0.5) is 17.6 Å². The smallest absolute Gasteiger partial charge is 0.350 e. The molecule has 2 N–H and O–H groups in total. The van der Waals surface area contributed by atoms with E-state index < -0.39 is 29.0 Å². The highest BCUT2D eigenvalue weighted by Gasteiger charge is 2.35. The maximum atomic E-state index is 13.8. The number of carbonyl (C=O) groups excluding carboxylic acids is 1. The summed E-state index contributed by atoms with van der Waals surface area (Å²) in [7, 11) is 0. The third-order valence-corrected chi connectivity index (χ3v) is 3.47. The SMILES string of the molecule is O=C(NC[C@@H]1CCCCN1)c1cccc(C(F)(F)F)c1F. The Morgan fingerprint density at radius 1 is 1.33 bits per heavy atom. The van der Waals surface area contributed by atoms with Gasteiger partial charge in [0, 0.05) is 12.6 Å². The average molecular weight is 304 g/mol. The van der Waals surface area contributed by atoms with Crippen molar-refractivity contribution in [1.82, 2.24) is 10.6 Å². The fourth-order valence-electron chi connectivity index (χ4n) is 2.34. The number of piperidine rings is 1. The van der Waals surface area contributed by atoms with Gasteiger partial charge in [0.05, 0.1) is 11.1 Å². The zero-order chi connectivity index (χ0) is 15.5. The van der Waals surface area contributed by atoms with Gasteiger partial charge < -0.3 is 10.6 Å². The Hall–Kier alpha value is -1.63. The third kappa shape index (κ3) is 3.93. The minimum atomic E-state index is -4.81. The number of alkyl halides is 3. The van der Waals surface area contributed by atoms with Gasteiger partial charge in [-0.15, -0.1) is 0 Å². The molecule has 1 aromatic carbocycles. The van der Waals surface area contributed by atoms with Crippen molar-refractivity contribution < 1.29 is 22.4 Å². The van der Waals surface area contributed by atoms with Crippen LogP contribution in [0.3, 0.4) is 0 Å². The summed E-state index contributed by atoms with van der Waals surface area (Å²) in [5, 5.41) is 5.67. The number of halogens is 4. The standard InChI is InChI=1S/C14H16F4N2O/c15-12-10(5-3-6-11(12)14(16,17)18)13(21)20-8-9-4-1-2-7-19-9/h3,5-6,9,19H,1-2,4,7-8H2,(H,20,21)/t9-/m0/s1. The third-order valence-electron chi connectivity index (χ3n) is 3.47. The van der Waals surface area contributed by atoms with Gasteiger partial charge in [0.1, 0.15) is 5.82 Å². The molecule has 0 bridgehead atoms. The number of carbonyl (C=O) groups is 1. The van der Waals surface area contributed by atoms with Gasteiger partial charge in [-0.05, 0) is 31.5 Å². The monoisotopic (exact) mass is 304 g/mol. The largest absolute Gasteiger partial charge is 0.419 e. The lowest BCUT2D eigenvalue weighted by Crippen LogP contribution is -2.43. The van der Waals surface area contributed by atoms with Crippen molar-refractivity contribution in [3.8, 4) is 0 Å². The Kier molecular flexibility index (Phi) is 4.82. The molecule has 1 amide bonds. The second-order valence-electron chi connectivity index (χ2n) is 5.02. The Morgan fingerprint density at radius 2 is 2.10 bits per heavy atom. The van der Waals surface area contributed by atoms with Crippen LogP contribution in [0.5, 0.6) is 0 Å². The maximum Gasteiger partial charge on any atom is 0.419 e. The molecule has 0 aromatic heterocycles. The predicted octanol–water partition coefficient (Wildman–Crippen LogP) is 2.72. The van der Waals surface area contributed by atoms with Crippen LogP contribution in [0.15, 0.2) is 18.2 Å². The first kappa shape index (κ1) is 15.8. The lowest BCUT2D eigenvalue weighted by molar-refractivity contribution is -0.140. The zero-order valence-electron chi connectivity index (χ0n) is 11.3. The van der Waals surface area contributed by atoms with Crippen molar-refractivity contribution in [2.45, 2.75) is 31.5 Å². The van der Waals surface area contributed by atoms with Gasteiger partial charge in [0.25, 0.3) is 5.91 Å². The van der Waals surface area contributed by atoms with E-state index in [4.69, 9.17) is 0 Å². The number of benzene rings is 1. The van der Waals surface area contributed by atoms with E-state index in [2.05, 4.69) is 10.6 Å². The lowest BCUT2D eigenvalue weighted by Gasteiger charge is -2.23. The van der Waals surface area contributed by atoms with Gasteiger partial charge in [-0.25, -0.2) is 4.39 Å². The molecule has 7 heteroatoms. The Bertz CT molecular complexity index is 510. The molecule has 3 nitrogen and oxygen atoms in total. The first-order chi connectivity index (χ1) is 9.89. The van der Waals surface area contributed by atoms with E-state index in [1.807, 2.05) is 0 Å². The number of amides is 1. The first-order valence-corrected chi connectivity index (χ1v) is 6.77. The molecule has 21 heavy (non-hydrogen) atoms. The van der Waals surface area contributed by atoms with Crippen LogP contribution in [-0.4, -0.2) is 25.0 Å². The number of hydrogen-bond donors (Lipinski definition) is 2. The number of hydrogen-bond acceptors (Lipinski definition) is 2. The molecule has 0 spiro atoms. The maximum absolute atomic E-state index is 13.8. The average Bonchev–Trinajstić information content (AvgIpc) is 2.45. The summed E-state index contributed by atoms with van der Waals surface area (Å²) in [6, 6.07) is 2.78. The molecular weight excluding hydrogens is 288 g/mol. The first-order valence-electron chi connectivity index (χ1n) is 6.77. The Labute approximate surface area is 119 Å². The molecule has 1 fully saturated rings. The van der Waals surface area contributed by atoms with E-state index in [9.17, 15) is 22.4 Å². The highest BCUT2D eigenvalue weighted by Crippen LogP contribution is 2.32. The molecule has 2 rings (SSSR count). The zero-order valence-corrected chi connectivity index (χ0v) is 11.3. The van der Waals surface area contributed by atoms with E-state index in [0.717, 1.165) is 37.9 Å². The molecule has 1 aliphatic rings. The van der Waals surface area contributed by atoms with Crippen LogP contribution in [0, 0.1) is 5.82 Å². The van der Waals surface area contributed by atoms with Crippen molar-refractivity contribution in [3.63, 3.8) is 0 Å². The summed E-state index contributed by atoms with van der Waals surface area (Å²) in [6.45, 7) is 1.12. The fraction of sp³-hybridized carbons (Fsp3) is 0.500. The fourth-order valence-corrected chi connectivity index (χ4v) is 2.34. The van der Waals surface area contributed by atoms with Crippen LogP contribution < -0.4 is 10.6 Å². The van der Waals surface area contributed by atoms with Crippen LogP contribution in [0.1, 0.15) is 35.2 Å². The molecule has 0 unspecified atom stereocenters. The molecule has 116 valence electrons. The molecule has 0 aliphatic carbocycles. The van der Waals surface area contributed by atoms with Crippen molar-refractivity contribution in [2.24, 2.45) is 0 Å². The van der Waals surface area contributed by atoms with E-state index in [1.54, 1.807) is 0 Å².